The lowest BCUT2D eigenvalue weighted by Crippen LogP contribution is -2.33. The van der Waals surface area contributed by atoms with Crippen molar-refractivity contribution < 1.29 is 19.1 Å². The minimum atomic E-state index is -0.939. The normalized spacial score (nSPS) is 12.1. The van der Waals surface area contributed by atoms with Crippen LogP contribution in [0.2, 0.25) is 0 Å². The summed E-state index contributed by atoms with van der Waals surface area (Å²) in [4.78, 5) is 21.8. The molecule has 1 heterocycles. The van der Waals surface area contributed by atoms with Gasteiger partial charge in [0, 0.05) is 6.04 Å². The highest BCUT2D eigenvalue weighted by atomic mass is 16.4. The van der Waals surface area contributed by atoms with Crippen molar-refractivity contribution in [1.82, 2.24) is 5.32 Å². The molecule has 2 N–H and O–H groups in total. The van der Waals surface area contributed by atoms with Crippen molar-refractivity contribution in [2.24, 2.45) is 0 Å². The smallest absolute Gasteiger partial charge is 0.305 e. The van der Waals surface area contributed by atoms with E-state index in [4.69, 9.17) is 9.52 Å². The zero-order chi connectivity index (χ0) is 11.4. The average molecular weight is 211 g/mol. The Kier molecular flexibility index (Phi) is 3.49. The molecule has 0 fully saturated rings. The summed E-state index contributed by atoms with van der Waals surface area (Å²) < 4.78 is 4.97. The van der Waals surface area contributed by atoms with E-state index in [-0.39, 0.29) is 12.3 Å². The molecule has 0 unspecified atom stereocenters. The molecule has 0 aromatic carbocycles. The van der Waals surface area contributed by atoms with Gasteiger partial charge in [-0.15, -0.1) is 0 Å². The zero-order valence-corrected chi connectivity index (χ0v) is 8.61. The van der Waals surface area contributed by atoms with Crippen LogP contribution in [0.5, 0.6) is 0 Å². The quantitative estimate of drug-likeness (QED) is 0.783. The molecule has 15 heavy (non-hydrogen) atoms. The molecule has 0 saturated carbocycles. The first-order valence-electron chi connectivity index (χ1n) is 4.57. The predicted molar refractivity (Wildman–Crippen MR) is 52.6 cm³/mol. The fourth-order valence-electron chi connectivity index (χ4n) is 1.18. The number of rotatable bonds is 4. The number of hydrogen-bond acceptors (Lipinski definition) is 3. The lowest BCUT2D eigenvalue weighted by Gasteiger charge is -2.09. The molecule has 1 rings (SSSR count). The van der Waals surface area contributed by atoms with Gasteiger partial charge in [-0.05, 0) is 19.9 Å². The molecule has 1 amide bonds. The number of carboxylic acids is 1. The topological polar surface area (TPSA) is 79.5 Å². The third-order valence-electron chi connectivity index (χ3n) is 1.85. The van der Waals surface area contributed by atoms with Crippen LogP contribution in [-0.2, 0) is 4.79 Å². The Bertz CT molecular complexity index is 369. The molecule has 0 radical (unpaired) electrons. The highest BCUT2D eigenvalue weighted by Gasteiger charge is 2.13. The van der Waals surface area contributed by atoms with Gasteiger partial charge in [0.1, 0.15) is 12.0 Å². The second-order valence-electron chi connectivity index (χ2n) is 3.42. The van der Waals surface area contributed by atoms with Crippen LogP contribution in [0.1, 0.15) is 29.5 Å². The van der Waals surface area contributed by atoms with Crippen molar-refractivity contribution in [1.29, 1.82) is 0 Å². The van der Waals surface area contributed by atoms with E-state index in [1.54, 1.807) is 19.9 Å². The SMILES string of the molecule is Cc1cc(C(=O)N[C@H](C)CC(=O)O)co1. The van der Waals surface area contributed by atoms with Crippen molar-refractivity contribution in [3.63, 3.8) is 0 Å². The zero-order valence-electron chi connectivity index (χ0n) is 8.61. The number of carbonyl (C=O) groups excluding carboxylic acids is 1. The first kappa shape index (κ1) is 11.3. The van der Waals surface area contributed by atoms with Crippen LogP contribution in [-0.4, -0.2) is 23.0 Å². The van der Waals surface area contributed by atoms with Gasteiger partial charge in [-0.25, -0.2) is 0 Å². The molecule has 0 aliphatic rings. The molecule has 0 aliphatic carbocycles. The van der Waals surface area contributed by atoms with E-state index in [1.807, 2.05) is 0 Å². The fraction of sp³-hybridized carbons (Fsp3) is 0.400. The highest BCUT2D eigenvalue weighted by Crippen LogP contribution is 2.06. The van der Waals surface area contributed by atoms with Crippen LogP contribution in [0.15, 0.2) is 16.7 Å². The average Bonchev–Trinajstić information content (AvgIpc) is 2.49. The monoisotopic (exact) mass is 211 g/mol. The van der Waals surface area contributed by atoms with Gasteiger partial charge in [0.15, 0.2) is 0 Å². The number of aryl methyl sites for hydroxylation is 1. The summed E-state index contributed by atoms with van der Waals surface area (Å²) in [6.45, 7) is 3.37. The fourth-order valence-corrected chi connectivity index (χ4v) is 1.18. The number of nitrogens with one attached hydrogen (secondary N) is 1. The molecule has 5 nitrogen and oxygen atoms in total. The Labute approximate surface area is 87.1 Å². The lowest BCUT2D eigenvalue weighted by molar-refractivity contribution is -0.137. The maximum Gasteiger partial charge on any atom is 0.305 e. The Morgan fingerprint density at radius 3 is 2.73 bits per heavy atom. The van der Waals surface area contributed by atoms with Crippen LogP contribution in [0.3, 0.4) is 0 Å². The summed E-state index contributed by atoms with van der Waals surface area (Å²) in [5.41, 5.74) is 0.407. The van der Waals surface area contributed by atoms with Crippen molar-refractivity contribution >= 4 is 11.9 Å². The Hall–Kier alpha value is -1.78. The minimum Gasteiger partial charge on any atom is -0.481 e. The van der Waals surface area contributed by atoms with Gasteiger partial charge in [0.25, 0.3) is 5.91 Å². The molecule has 82 valence electrons. The Balaban J connectivity index is 2.52. The minimum absolute atomic E-state index is 0.0947. The van der Waals surface area contributed by atoms with E-state index in [0.717, 1.165) is 0 Å². The van der Waals surface area contributed by atoms with Gasteiger partial charge >= 0.3 is 5.97 Å². The number of hydrogen-bond donors (Lipinski definition) is 2. The molecule has 1 aromatic heterocycles. The Morgan fingerprint density at radius 2 is 2.27 bits per heavy atom. The van der Waals surface area contributed by atoms with Crippen LogP contribution in [0.4, 0.5) is 0 Å². The van der Waals surface area contributed by atoms with E-state index in [1.165, 1.54) is 6.26 Å². The molecular formula is C10H13NO4. The van der Waals surface area contributed by atoms with Gasteiger partial charge in [-0.2, -0.15) is 0 Å². The molecule has 5 heteroatoms. The molecule has 0 spiro atoms. The number of amides is 1. The molecule has 0 saturated heterocycles. The van der Waals surface area contributed by atoms with E-state index >= 15 is 0 Å². The molecule has 1 aromatic rings. The highest BCUT2D eigenvalue weighted by molar-refractivity contribution is 5.94. The summed E-state index contributed by atoms with van der Waals surface area (Å²) in [5, 5.41) is 11.1. The second kappa shape index (κ2) is 4.63. The maximum atomic E-state index is 11.5. The van der Waals surface area contributed by atoms with Gasteiger partial charge in [-0.3, -0.25) is 9.59 Å². The summed E-state index contributed by atoms with van der Waals surface area (Å²) in [6.07, 6.45) is 1.25. The number of carbonyl (C=O) groups is 2. The van der Waals surface area contributed by atoms with E-state index < -0.39 is 12.0 Å². The van der Waals surface area contributed by atoms with Crippen molar-refractivity contribution in [2.45, 2.75) is 26.3 Å². The first-order valence-corrected chi connectivity index (χ1v) is 4.57. The lowest BCUT2D eigenvalue weighted by atomic mass is 10.2. The third kappa shape index (κ3) is 3.46. The largest absolute Gasteiger partial charge is 0.481 e. The van der Waals surface area contributed by atoms with E-state index in [2.05, 4.69) is 5.32 Å². The predicted octanol–water partition coefficient (Wildman–Crippen LogP) is 1.18. The second-order valence-corrected chi connectivity index (χ2v) is 3.42. The maximum absolute atomic E-state index is 11.5. The van der Waals surface area contributed by atoms with Crippen LogP contribution in [0, 0.1) is 6.92 Å². The van der Waals surface area contributed by atoms with Crippen LogP contribution in [0.25, 0.3) is 0 Å². The van der Waals surface area contributed by atoms with Gasteiger partial charge in [-0.1, -0.05) is 0 Å². The van der Waals surface area contributed by atoms with Crippen molar-refractivity contribution in [3.05, 3.63) is 23.7 Å². The van der Waals surface area contributed by atoms with Crippen molar-refractivity contribution in [2.75, 3.05) is 0 Å². The number of furan rings is 1. The number of carboxylic acid groups (broad SMARTS) is 1. The molecule has 0 aliphatic heterocycles. The summed E-state index contributed by atoms with van der Waals surface area (Å²) in [7, 11) is 0. The van der Waals surface area contributed by atoms with Gasteiger partial charge in [0.05, 0.1) is 12.0 Å². The summed E-state index contributed by atoms with van der Waals surface area (Å²) >= 11 is 0. The number of aliphatic carboxylic acids is 1. The Morgan fingerprint density at radius 1 is 1.60 bits per heavy atom. The first-order chi connectivity index (χ1) is 6.99. The molecule has 0 bridgehead atoms. The van der Waals surface area contributed by atoms with E-state index in [0.29, 0.717) is 11.3 Å². The van der Waals surface area contributed by atoms with E-state index in [9.17, 15) is 9.59 Å². The van der Waals surface area contributed by atoms with Gasteiger partial charge in [0.2, 0.25) is 0 Å². The molecule has 1 atom stereocenters. The van der Waals surface area contributed by atoms with Gasteiger partial charge < -0.3 is 14.8 Å². The van der Waals surface area contributed by atoms with Crippen LogP contribution < -0.4 is 5.32 Å². The summed E-state index contributed by atoms with van der Waals surface area (Å²) in [6, 6.07) is 1.20. The summed E-state index contributed by atoms with van der Waals surface area (Å²) in [5.74, 6) is -0.613. The van der Waals surface area contributed by atoms with Crippen molar-refractivity contribution in [3.8, 4) is 0 Å². The third-order valence-corrected chi connectivity index (χ3v) is 1.85. The standard InChI is InChI=1S/C10H13NO4/c1-6(3-9(12)13)11-10(14)8-4-7(2)15-5-8/h4-6H,3H2,1-2H3,(H,11,14)(H,12,13)/t6-/m1/s1. The van der Waals surface area contributed by atoms with Crippen LogP contribution >= 0.6 is 0 Å². The molecular weight excluding hydrogens is 198 g/mol.